The largest absolute Gasteiger partial charge is 0.298 e. The molecule has 1 nitrogen and oxygen atoms in total. The average Bonchev–Trinajstić information content (AvgIpc) is 1.83. The molecule has 0 aliphatic rings. The summed E-state index contributed by atoms with van der Waals surface area (Å²) < 4.78 is 0. The Kier molecular flexibility index (Phi) is 4.37. The van der Waals surface area contributed by atoms with Crippen LogP contribution in [-0.2, 0) is 0 Å². The van der Waals surface area contributed by atoms with E-state index >= 15 is 0 Å². The van der Waals surface area contributed by atoms with Crippen LogP contribution in [0.1, 0.15) is 33.6 Å². The zero-order valence-electron chi connectivity index (χ0n) is 6.94. The molecule has 0 aliphatic heterocycles. The molecule has 0 atom stereocenters. The summed E-state index contributed by atoms with van der Waals surface area (Å²) in [5.41, 5.74) is 1.27. The number of rotatable bonds is 3. The maximum absolute atomic E-state index is 4.08. The summed E-state index contributed by atoms with van der Waals surface area (Å²) in [6.45, 7) is 6.56. The Morgan fingerprint density at radius 1 is 1.44 bits per heavy atom. The van der Waals surface area contributed by atoms with E-state index in [9.17, 15) is 0 Å². The molecule has 0 saturated heterocycles. The van der Waals surface area contributed by atoms with Gasteiger partial charge in [0.25, 0.3) is 0 Å². The zero-order valence-corrected chi connectivity index (χ0v) is 6.94. The summed E-state index contributed by atoms with van der Waals surface area (Å²) in [4.78, 5) is 4.08. The third-order valence-electron chi connectivity index (χ3n) is 1.47. The van der Waals surface area contributed by atoms with E-state index in [1.807, 2.05) is 7.05 Å². The van der Waals surface area contributed by atoms with Gasteiger partial charge in [0.2, 0.25) is 0 Å². The molecule has 0 spiro atoms. The van der Waals surface area contributed by atoms with Gasteiger partial charge in [-0.05, 0) is 25.7 Å². The van der Waals surface area contributed by atoms with Gasteiger partial charge < -0.3 is 0 Å². The fourth-order valence-corrected chi connectivity index (χ4v) is 0.609. The molecule has 0 unspecified atom stereocenters. The van der Waals surface area contributed by atoms with Gasteiger partial charge in [0.05, 0.1) is 0 Å². The first kappa shape index (κ1) is 8.67. The average molecular weight is 127 g/mol. The van der Waals surface area contributed by atoms with E-state index in [0.29, 0.717) is 0 Å². The van der Waals surface area contributed by atoms with Crippen molar-refractivity contribution in [3.8, 4) is 0 Å². The Morgan fingerprint density at radius 2 is 2.00 bits per heavy atom. The molecular weight excluding hydrogens is 110 g/mol. The van der Waals surface area contributed by atoms with Gasteiger partial charge in [0, 0.05) is 12.8 Å². The van der Waals surface area contributed by atoms with Crippen LogP contribution in [-0.4, -0.2) is 12.8 Å². The van der Waals surface area contributed by atoms with Crippen LogP contribution in [0, 0.1) is 5.92 Å². The van der Waals surface area contributed by atoms with Crippen molar-refractivity contribution < 1.29 is 0 Å². The molecule has 0 fully saturated rings. The molecule has 9 heavy (non-hydrogen) atoms. The van der Waals surface area contributed by atoms with Gasteiger partial charge in [-0.2, -0.15) is 0 Å². The first-order valence-corrected chi connectivity index (χ1v) is 3.59. The molecule has 0 aromatic heterocycles. The third-order valence-corrected chi connectivity index (χ3v) is 1.47. The molecule has 0 bridgehead atoms. The van der Waals surface area contributed by atoms with Crippen LogP contribution in [0.25, 0.3) is 0 Å². The lowest BCUT2D eigenvalue weighted by molar-refractivity contribution is 0.603. The van der Waals surface area contributed by atoms with Crippen LogP contribution in [0.15, 0.2) is 4.99 Å². The highest BCUT2D eigenvalue weighted by atomic mass is 14.7. The van der Waals surface area contributed by atoms with Crippen molar-refractivity contribution in [2.75, 3.05) is 7.05 Å². The highest BCUT2D eigenvalue weighted by molar-refractivity contribution is 5.81. The van der Waals surface area contributed by atoms with E-state index in [0.717, 1.165) is 12.3 Å². The second-order valence-corrected chi connectivity index (χ2v) is 2.89. The Labute approximate surface area is 58.2 Å². The van der Waals surface area contributed by atoms with Crippen molar-refractivity contribution in [2.45, 2.75) is 33.6 Å². The molecule has 0 aromatic rings. The number of hydrogen-bond donors (Lipinski definition) is 0. The third kappa shape index (κ3) is 5.54. The van der Waals surface area contributed by atoms with E-state index in [4.69, 9.17) is 0 Å². The number of aliphatic imine (C=N–C) groups is 1. The van der Waals surface area contributed by atoms with Gasteiger partial charge in [-0.15, -0.1) is 0 Å². The first-order chi connectivity index (χ1) is 4.16. The maximum atomic E-state index is 4.08. The molecular formula is C8H17N. The Morgan fingerprint density at radius 3 is 2.33 bits per heavy atom. The smallest absolute Gasteiger partial charge is 0.0276 e. The molecule has 0 radical (unpaired) electrons. The number of hydrogen-bond acceptors (Lipinski definition) is 1. The lowest BCUT2D eigenvalue weighted by Crippen LogP contribution is -1.94. The van der Waals surface area contributed by atoms with Gasteiger partial charge >= 0.3 is 0 Å². The standard InChI is InChI=1S/C8H17N/c1-7(2)5-6-8(3)9-4/h7H,5-6H2,1-4H3/b9-8-. The second-order valence-electron chi connectivity index (χ2n) is 2.89. The summed E-state index contributed by atoms with van der Waals surface area (Å²) in [7, 11) is 1.86. The van der Waals surface area contributed by atoms with Crippen LogP contribution in [0.2, 0.25) is 0 Å². The van der Waals surface area contributed by atoms with Gasteiger partial charge in [-0.3, -0.25) is 4.99 Å². The van der Waals surface area contributed by atoms with Crippen LogP contribution >= 0.6 is 0 Å². The normalized spacial score (nSPS) is 12.8. The molecule has 0 amide bonds. The molecule has 0 saturated carbocycles. The van der Waals surface area contributed by atoms with Crippen molar-refractivity contribution in [1.82, 2.24) is 0 Å². The van der Waals surface area contributed by atoms with E-state index in [1.165, 1.54) is 12.1 Å². The van der Waals surface area contributed by atoms with E-state index in [1.54, 1.807) is 0 Å². The predicted molar refractivity (Wildman–Crippen MR) is 43.1 cm³/mol. The second kappa shape index (κ2) is 4.54. The van der Waals surface area contributed by atoms with Crippen LogP contribution in [0.4, 0.5) is 0 Å². The van der Waals surface area contributed by atoms with Crippen LogP contribution in [0.3, 0.4) is 0 Å². The minimum atomic E-state index is 0.807. The van der Waals surface area contributed by atoms with Gasteiger partial charge in [-0.1, -0.05) is 13.8 Å². The minimum Gasteiger partial charge on any atom is -0.298 e. The lowest BCUT2D eigenvalue weighted by Gasteiger charge is -2.01. The fraction of sp³-hybridized carbons (Fsp3) is 0.875. The molecule has 0 heterocycles. The van der Waals surface area contributed by atoms with Crippen molar-refractivity contribution in [1.29, 1.82) is 0 Å². The van der Waals surface area contributed by atoms with E-state index in [2.05, 4.69) is 25.8 Å². The van der Waals surface area contributed by atoms with Crippen LogP contribution < -0.4 is 0 Å². The Hall–Kier alpha value is -0.330. The predicted octanol–water partition coefficient (Wildman–Crippen LogP) is 2.51. The quantitative estimate of drug-likeness (QED) is 0.516. The highest BCUT2D eigenvalue weighted by Crippen LogP contribution is 2.03. The van der Waals surface area contributed by atoms with E-state index < -0.39 is 0 Å². The van der Waals surface area contributed by atoms with Crippen molar-refractivity contribution in [2.24, 2.45) is 10.9 Å². The molecule has 1 heteroatoms. The minimum absolute atomic E-state index is 0.807. The topological polar surface area (TPSA) is 12.4 Å². The molecule has 0 rings (SSSR count). The highest BCUT2D eigenvalue weighted by Gasteiger charge is 1.94. The SMILES string of the molecule is C/N=C(/C)CCC(C)C. The van der Waals surface area contributed by atoms with Crippen molar-refractivity contribution in [3.63, 3.8) is 0 Å². The summed E-state index contributed by atoms with van der Waals surface area (Å²) in [6.07, 6.45) is 2.43. The Balaban J connectivity index is 3.28. The zero-order chi connectivity index (χ0) is 7.28. The van der Waals surface area contributed by atoms with Crippen molar-refractivity contribution in [3.05, 3.63) is 0 Å². The fourth-order valence-electron chi connectivity index (χ4n) is 0.609. The Bertz CT molecular complexity index is 92.7. The molecule has 54 valence electrons. The maximum Gasteiger partial charge on any atom is 0.0276 e. The molecule has 0 N–H and O–H groups in total. The monoisotopic (exact) mass is 127 g/mol. The van der Waals surface area contributed by atoms with E-state index in [-0.39, 0.29) is 0 Å². The molecule has 0 aromatic carbocycles. The van der Waals surface area contributed by atoms with Gasteiger partial charge in [0.1, 0.15) is 0 Å². The van der Waals surface area contributed by atoms with Gasteiger partial charge in [-0.25, -0.2) is 0 Å². The van der Waals surface area contributed by atoms with Crippen molar-refractivity contribution >= 4 is 5.71 Å². The summed E-state index contributed by atoms with van der Waals surface area (Å²) >= 11 is 0. The first-order valence-electron chi connectivity index (χ1n) is 3.59. The summed E-state index contributed by atoms with van der Waals surface area (Å²) in [5.74, 6) is 0.807. The van der Waals surface area contributed by atoms with Gasteiger partial charge in [0.15, 0.2) is 0 Å². The number of nitrogens with zero attached hydrogens (tertiary/aromatic N) is 1. The van der Waals surface area contributed by atoms with Crippen LogP contribution in [0.5, 0.6) is 0 Å². The summed E-state index contributed by atoms with van der Waals surface area (Å²) in [6, 6.07) is 0. The molecule has 0 aliphatic carbocycles. The lowest BCUT2D eigenvalue weighted by atomic mass is 10.1. The summed E-state index contributed by atoms with van der Waals surface area (Å²) in [5, 5.41) is 0.